The third-order valence-electron chi connectivity index (χ3n) is 6.48. The van der Waals surface area contributed by atoms with Gasteiger partial charge < -0.3 is 14.8 Å². The number of anilines is 1. The zero-order valence-corrected chi connectivity index (χ0v) is 24.0. The molecule has 2 aromatic carbocycles. The number of fused-ring (bicyclic) bond motifs is 1. The zero-order valence-electron chi connectivity index (χ0n) is 23.2. The highest BCUT2D eigenvalue weighted by atomic mass is 32.2. The predicted octanol–water partition coefficient (Wildman–Crippen LogP) is 6.90. The van der Waals surface area contributed by atoms with Gasteiger partial charge in [-0.05, 0) is 53.3 Å². The molecule has 7 nitrogen and oxygen atoms in total. The van der Waals surface area contributed by atoms with Gasteiger partial charge >= 0.3 is 5.97 Å². The molecule has 8 heteroatoms. The summed E-state index contributed by atoms with van der Waals surface area (Å²) in [5, 5.41) is 8.64. The Balaban J connectivity index is 1.56. The van der Waals surface area contributed by atoms with Crippen LogP contribution < -0.4 is 10.1 Å². The first-order valence-electron chi connectivity index (χ1n) is 13.3. The van der Waals surface area contributed by atoms with Crippen LogP contribution in [0.4, 0.5) is 5.95 Å². The summed E-state index contributed by atoms with van der Waals surface area (Å²) >= 11 is 1.56. The number of benzene rings is 2. The SMILES string of the molecule is CCCCOC(=O)C1=C(C)Nc2nc(SCC)nn2C1c1ccc(OCc2ccc(C(C)(C)C)cc2)cc1. The van der Waals surface area contributed by atoms with Gasteiger partial charge in [-0.1, -0.05) is 89.2 Å². The molecule has 0 aliphatic carbocycles. The Bertz CT molecular complexity index is 1270. The van der Waals surface area contributed by atoms with Gasteiger partial charge in [0.05, 0.1) is 12.2 Å². The van der Waals surface area contributed by atoms with Crippen molar-refractivity contribution in [3.63, 3.8) is 0 Å². The Morgan fingerprint density at radius 1 is 1.08 bits per heavy atom. The van der Waals surface area contributed by atoms with Crippen LogP contribution in [0.2, 0.25) is 0 Å². The van der Waals surface area contributed by atoms with Crippen molar-refractivity contribution in [3.05, 3.63) is 76.5 Å². The number of carbonyl (C=O) groups is 1. The first-order valence-corrected chi connectivity index (χ1v) is 14.3. The van der Waals surface area contributed by atoms with E-state index < -0.39 is 6.04 Å². The Kier molecular flexibility index (Phi) is 8.82. The van der Waals surface area contributed by atoms with E-state index in [1.54, 1.807) is 16.4 Å². The standard InChI is InChI=1S/C30H38N4O3S/c1-7-9-18-36-27(35)25-20(3)31-28-32-29(38-8-2)33-34(28)26(25)22-12-16-24(17-13-22)37-19-21-10-14-23(15-11-21)30(4,5)6/h10-17,26H,7-9,18-19H2,1-6H3,(H,31,32,33). The van der Waals surface area contributed by atoms with E-state index in [0.717, 1.165) is 41.2 Å². The summed E-state index contributed by atoms with van der Waals surface area (Å²) in [6.45, 7) is 13.5. The maximum Gasteiger partial charge on any atom is 0.338 e. The Morgan fingerprint density at radius 2 is 1.79 bits per heavy atom. The Hall–Kier alpha value is -3.26. The second-order valence-electron chi connectivity index (χ2n) is 10.5. The maximum absolute atomic E-state index is 13.2. The summed E-state index contributed by atoms with van der Waals surface area (Å²) < 4.78 is 13.5. The van der Waals surface area contributed by atoms with Gasteiger partial charge in [0, 0.05) is 5.70 Å². The first-order chi connectivity index (χ1) is 18.2. The third kappa shape index (κ3) is 6.41. The molecular formula is C30H38N4O3S. The number of hydrogen-bond acceptors (Lipinski definition) is 7. The minimum atomic E-state index is -0.446. The molecule has 1 atom stereocenters. The number of rotatable bonds is 10. The van der Waals surface area contributed by atoms with Crippen molar-refractivity contribution in [3.8, 4) is 5.75 Å². The van der Waals surface area contributed by atoms with E-state index in [2.05, 4.69) is 69.2 Å². The molecular weight excluding hydrogens is 496 g/mol. The number of aromatic nitrogens is 3. The summed E-state index contributed by atoms with van der Waals surface area (Å²) in [5.41, 5.74) is 4.71. The summed E-state index contributed by atoms with van der Waals surface area (Å²) in [5.74, 6) is 1.90. The lowest BCUT2D eigenvalue weighted by molar-refractivity contribution is -0.139. The summed E-state index contributed by atoms with van der Waals surface area (Å²) in [6.07, 6.45) is 1.78. The number of unbranched alkanes of at least 4 members (excludes halogenated alkanes) is 1. The minimum Gasteiger partial charge on any atom is -0.489 e. The van der Waals surface area contributed by atoms with Crippen LogP contribution in [0, 0.1) is 0 Å². The van der Waals surface area contributed by atoms with Crippen molar-refractivity contribution in [2.75, 3.05) is 17.7 Å². The van der Waals surface area contributed by atoms with Gasteiger partial charge in [-0.3, -0.25) is 0 Å². The van der Waals surface area contributed by atoms with Crippen molar-refractivity contribution in [1.82, 2.24) is 14.8 Å². The molecule has 1 N–H and O–H groups in total. The van der Waals surface area contributed by atoms with Crippen LogP contribution in [0.1, 0.15) is 77.1 Å². The molecule has 1 aliphatic rings. The first kappa shape index (κ1) is 27.8. The fraction of sp³-hybridized carbons (Fsp3) is 0.433. The second kappa shape index (κ2) is 12.1. The number of carbonyl (C=O) groups excluding carboxylic acids is 1. The molecule has 0 saturated heterocycles. The van der Waals surface area contributed by atoms with Crippen molar-refractivity contribution in [1.29, 1.82) is 0 Å². The maximum atomic E-state index is 13.2. The highest BCUT2D eigenvalue weighted by Crippen LogP contribution is 2.37. The van der Waals surface area contributed by atoms with Gasteiger partial charge in [0.1, 0.15) is 18.4 Å². The molecule has 0 amide bonds. The van der Waals surface area contributed by atoms with Crippen molar-refractivity contribution in [2.45, 2.75) is 77.6 Å². The molecule has 0 saturated carbocycles. The van der Waals surface area contributed by atoms with E-state index in [-0.39, 0.29) is 11.4 Å². The van der Waals surface area contributed by atoms with Gasteiger partial charge in [0.25, 0.3) is 0 Å². The molecule has 1 aliphatic heterocycles. The molecule has 0 bridgehead atoms. The molecule has 0 fully saturated rings. The van der Waals surface area contributed by atoms with Crippen LogP contribution in [0.3, 0.4) is 0 Å². The van der Waals surface area contributed by atoms with Gasteiger partial charge in [-0.2, -0.15) is 4.98 Å². The lowest BCUT2D eigenvalue weighted by Gasteiger charge is -2.28. The van der Waals surface area contributed by atoms with Gasteiger partial charge in [0.15, 0.2) is 0 Å². The number of hydrogen-bond donors (Lipinski definition) is 1. The third-order valence-corrected chi connectivity index (χ3v) is 7.20. The molecule has 3 aromatic rings. The molecule has 0 radical (unpaired) electrons. The largest absolute Gasteiger partial charge is 0.489 e. The van der Waals surface area contributed by atoms with E-state index in [9.17, 15) is 4.79 Å². The number of nitrogens with one attached hydrogen (secondary N) is 1. The summed E-state index contributed by atoms with van der Waals surface area (Å²) in [4.78, 5) is 17.8. The molecule has 0 spiro atoms. The summed E-state index contributed by atoms with van der Waals surface area (Å²) in [7, 11) is 0. The van der Waals surface area contributed by atoms with Crippen molar-refractivity contribution < 1.29 is 14.3 Å². The Labute approximate surface area is 230 Å². The number of thioether (sulfide) groups is 1. The monoisotopic (exact) mass is 534 g/mol. The van der Waals surface area contributed by atoms with E-state index in [1.165, 1.54) is 5.56 Å². The van der Waals surface area contributed by atoms with E-state index in [0.29, 0.717) is 29.9 Å². The van der Waals surface area contributed by atoms with Crippen LogP contribution in [0.25, 0.3) is 0 Å². The molecule has 1 unspecified atom stereocenters. The quantitative estimate of drug-likeness (QED) is 0.172. The number of allylic oxidation sites excluding steroid dienone is 1. The molecule has 1 aromatic heterocycles. The molecule has 202 valence electrons. The second-order valence-corrected chi connectivity index (χ2v) is 11.7. The normalized spacial score (nSPS) is 15.2. The highest BCUT2D eigenvalue weighted by Gasteiger charge is 2.35. The van der Waals surface area contributed by atoms with Gasteiger partial charge in [-0.25, -0.2) is 9.48 Å². The van der Waals surface area contributed by atoms with Crippen LogP contribution in [-0.2, 0) is 21.6 Å². The van der Waals surface area contributed by atoms with Crippen LogP contribution >= 0.6 is 11.8 Å². The van der Waals surface area contributed by atoms with Crippen LogP contribution in [0.15, 0.2) is 65.0 Å². The van der Waals surface area contributed by atoms with Crippen molar-refractivity contribution in [2.24, 2.45) is 0 Å². The van der Waals surface area contributed by atoms with Crippen LogP contribution in [-0.4, -0.2) is 33.1 Å². The minimum absolute atomic E-state index is 0.123. The number of esters is 1. The average molecular weight is 535 g/mol. The lowest BCUT2D eigenvalue weighted by Crippen LogP contribution is -2.29. The average Bonchev–Trinajstić information content (AvgIpc) is 3.29. The molecule has 2 heterocycles. The molecule has 38 heavy (non-hydrogen) atoms. The van der Waals surface area contributed by atoms with E-state index >= 15 is 0 Å². The van der Waals surface area contributed by atoms with Crippen molar-refractivity contribution >= 4 is 23.7 Å². The number of ether oxygens (including phenoxy) is 2. The smallest absolute Gasteiger partial charge is 0.338 e. The fourth-order valence-electron chi connectivity index (χ4n) is 4.30. The predicted molar refractivity (Wildman–Crippen MR) is 153 cm³/mol. The number of nitrogens with zero attached hydrogens (tertiary/aromatic N) is 3. The highest BCUT2D eigenvalue weighted by molar-refractivity contribution is 7.99. The molecule has 4 rings (SSSR count). The zero-order chi connectivity index (χ0) is 27.3. The lowest BCUT2D eigenvalue weighted by atomic mass is 9.87. The topological polar surface area (TPSA) is 78.3 Å². The van der Waals surface area contributed by atoms with Gasteiger partial charge in [-0.15, -0.1) is 5.10 Å². The van der Waals surface area contributed by atoms with E-state index in [1.807, 2.05) is 31.2 Å². The Morgan fingerprint density at radius 3 is 2.42 bits per heavy atom. The van der Waals surface area contributed by atoms with Crippen LogP contribution in [0.5, 0.6) is 5.75 Å². The fourth-order valence-corrected chi connectivity index (χ4v) is 4.85. The van der Waals surface area contributed by atoms with E-state index in [4.69, 9.17) is 14.6 Å². The van der Waals surface area contributed by atoms with Gasteiger partial charge in [0.2, 0.25) is 11.1 Å². The summed E-state index contributed by atoms with van der Waals surface area (Å²) in [6, 6.07) is 16.0.